The molecule has 0 heterocycles. The minimum Gasteiger partial charge on any atom is -0.480 e. The second kappa shape index (κ2) is 7.81. The van der Waals surface area contributed by atoms with Crippen molar-refractivity contribution in [2.24, 2.45) is 5.41 Å². The van der Waals surface area contributed by atoms with Crippen LogP contribution in [0.4, 0.5) is 0 Å². The lowest BCUT2D eigenvalue weighted by Gasteiger charge is -2.18. The molecule has 1 rings (SSSR count). The first-order valence-electron chi connectivity index (χ1n) is 7.34. The summed E-state index contributed by atoms with van der Waals surface area (Å²) < 4.78 is 0. The normalized spacial score (nSPS) is 12.7. The summed E-state index contributed by atoms with van der Waals surface area (Å²) >= 11 is 0. The maximum atomic E-state index is 11.9. The molecule has 0 aliphatic rings. The number of aliphatic carboxylic acids is 1. The average Bonchev–Trinajstić information content (AvgIpc) is 2.37. The number of benzene rings is 1. The number of hydrogen-bond donors (Lipinski definition) is 2. The molecule has 0 fully saturated rings. The molecule has 1 atom stereocenters. The van der Waals surface area contributed by atoms with Gasteiger partial charge in [0, 0.05) is 12.8 Å². The second-order valence-electron chi connectivity index (χ2n) is 6.56. The van der Waals surface area contributed by atoms with Crippen LogP contribution in [0.5, 0.6) is 0 Å². The third-order valence-corrected chi connectivity index (χ3v) is 3.25. The van der Waals surface area contributed by atoms with Crippen LogP contribution in [0.3, 0.4) is 0 Å². The number of carbonyl (C=O) groups is 2. The maximum absolute atomic E-state index is 11.9. The van der Waals surface area contributed by atoms with E-state index < -0.39 is 12.0 Å². The molecular formula is C17H25NO3. The highest BCUT2D eigenvalue weighted by Gasteiger charge is 2.20. The Labute approximate surface area is 126 Å². The summed E-state index contributed by atoms with van der Waals surface area (Å²) in [7, 11) is 0. The van der Waals surface area contributed by atoms with Gasteiger partial charge < -0.3 is 10.4 Å². The molecular weight excluding hydrogens is 266 g/mol. The van der Waals surface area contributed by atoms with Crippen LogP contribution in [0.25, 0.3) is 0 Å². The molecule has 0 aliphatic heterocycles. The Bertz CT molecular complexity index is 463. The highest BCUT2D eigenvalue weighted by Crippen LogP contribution is 2.21. The average molecular weight is 291 g/mol. The number of amides is 1. The summed E-state index contributed by atoms with van der Waals surface area (Å²) in [4.78, 5) is 23.1. The highest BCUT2D eigenvalue weighted by atomic mass is 16.4. The smallest absolute Gasteiger partial charge is 0.326 e. The Morgan fingerprint density at radius 1 is 1.19 bits per heavy atom. The lowest BCUT2D eigenvalue weighted by Crippen LogP contribution is -2.42. The van der Waals surface area contributed by atoms with Crippen molar-refractivity contribution in [2.75, 3.05) is 0 Å². The van der Waals surface area contributed by atoms with Crippen molar-refractivity contribution >= 4 is 11.9 Å². The number of carboxylic acids is 1. The molecule has 1 aromatic carbocycles. The van der Waals surface area contributed by atoms with Crippen molar-refractivity contribution in [1.29, 1.82) is 0 Å². The minimum absolute atomic E-state index is 0.191. The molecule has 0 saturated heterocycles. The fourth-order valence-corrected chi connectivity index (χ4v) is 2.10. The maximum Gasteiger partial charge on any atom is 0.326 e. The van der Waals surface area contributed by atoms with Crippen LogP contribution in [0.15, 0.2) is 30.3 Å². The molecule has 0 bridgehead atoms. The Kier molecular flexibility index (Phi) is 6.40. The zero-order chi connectivity index (χ0) is 15.9. The van der Waals surface area contributed by atoms with Crippen molar-refractivity contribution < 1.29 is 14.7 Å². The van der Waals surface area contributed by atoms with Crippen LogP contribution in [0.2, 0.25) is 0 Å². The van der Waals surface area contributed by atoms with E-state index in [9.17, 15) is 14.7 Å². The largest absolute Gasteiger partial charge is 0.480 e. The van der Waals surface area contributed by atoms with E-state index in [0.29, 0.717) is 12.8 Å². The van der Waals surface area contributed by atoms with Gasteiger partial charge in [-0.25, -0.2) is 4.79 Å². The van der Waals surface area contributed by atoms with Gasteiger partial charge in [0.25, 0.3) is 0 Å². The summed E-state index contributed by atoms with van der Waals surface area (Å²) in [6.07, 6.45) is 2.39. The van der Waals surface area contributed by atoms with E-state index >= 15 is 0 Å². The van der Waals surface area contributed by atoms with Gasteiger partial charge in [-0.2, -0.15) is 0 Å². The molecule has 0 aromatic heterocycles. The molecule has 4 nitrogen and oxygen atoms in total. The van der Waals surface area contributed by atoms with Crippen molar-refractivity contribution in [2.45, 2.75) is 52.5 Å². The van der Waals surface area contributed by atoms with Gasteiger partial charge in [-0.3, -0.25) is 4.79 Å². The molecule has 21 heavy (non-hydrogen) atoms. The van der Waals surface area contributed by atoms with E-state index in [-0.39, 0.29) is 11.3 Å². The standard InChI is InChI=1S/C17H25NO3/c1-17(2,3)11-7-10-15(19)18-14(16(20)21)12-13-8-5-4-6-9-13/h4-6,8-9,14H,7,10-12H2,1-3H3,(H,18,19)(H,20,21). The zero-order valence-electron chi connectivity index (χ0n) is 13.1. The minimum atomic E-state index is -0.997. The number of hydrogen-bond acceptors (Lipinski definition) is 2. The van der Waals surface area contributed by atoms with Gasteiger partial charge in [0.15, 0.2) is 0 Å². The Morgan fingerprint density at radius 3 is 2.33 bits per heavy atom. The van der Waals surface area contributed by atoms with Gasteiger partial charge in [-0.05, 0) is 23.8 Å². The van der Waals surface area contributed by atoms with E-state index in [4.69, 9.17) is 0 Å². The number of carbonyl (C=O) groups excluding carboxylic acids is 1. The van der Waals surface area contributed by atoms with Crippen LogP contribution in [0, 0.1) is 5.41 Å². The van der Waals surface area contributed by atoms with Crippen molar-refractivity contribution in [3.05, 3.63) is 35.9 Å². The van der Waals surface area contributed by atoms with Gasteiger partial charge in [0.05, 0.1) is 0 Å². The molecule has 116 valence electrons. The van der Waals surface area contributed by atoms with Gasteiger partial charge in [-0.15, -0.1) is 0 Å². The molecule has 0 spiro atoms. The quantitative estimate of drug-likeness (QED) is 0.811. The number of carboxylic acid groups (broad SMARTS) is 1. The van der Waals surface area contributed by atoms with Crippen molar-refractivity contribution in [3.8, 4) is 0 Å². The van der Waals surface area contributed by atoms with Crippen LogP contribution in [0.1, 0.15) is 45.6 Å². The molecule has 0 aliphatic carbocycles. The Morgan fingerprint density at radius 2 is 1.81 bits per heavy atom. The number of nitrogens with one attached hydrogen (secondary N) is 1. The molecule has 0 saturated carbocycles. The molecule has 1 amide bonds. The summed E-state index contributed by atoms with van der Waals surface area (Å²) in [5.41, 5.74) is 1.09. The van der Waals surface area contributed by atoms with E-state index in [0.717, 1.165) is 18.4 Å². The monoisotopic (exact) mass is 291 g/mol. The van der Waals surface area contributed by atoms with Crippen LogP contribution < -0.4 is 5.32 Å². The SMILES string of the molecule is CC(C)(C)CCCC(=O)NC(Cc1ccccc1)C(=O)O. The highest BCUT2D eigenvalue weighted by molar-refractivity contribution is 5.83. The predicted octanol–water partition coefficient (Wildman–Crippen LogP) is 3.01. The van der Waals surface area contributed by atoms with Crippen molar-refractivity contribution in [1.82, 2.24) is 5.32 Å². The van der Waals surface area contributed by atoms with E-state index in [1.54, 1.807) is 0 Å². The van der Waals surface area contributed by atoms with Gasteiger partial charge in [0.2, 0.25) is 5.91 Å². The predicted molar refractivity (Wildman–Crippen MR) is 83.0 cm³/mol. The fraction of sp³-hybridized carbons (Fsp3) is 0.529. The topological polar surface area (TPSA) is 66.4 Å². The number of rotatable bonds is 7. The van der Waals surface area contributed by atoms with Gasteiger partial charge in [0.1, 0.15) is 6.04 Å². The summed E-state index contributed by atoms with van der Waals surface area (Å²) in [6.45, 7) is 6.38. The summed E-state index contributed by atoms with van der Waals surface area (Å²) in [6, 6.07) is 8.46. The van der Waals surface area contributed by atoms with Crippen LogP contribution in [-0.4, -0.2) is 23.0 Å². The fourth-order valence-electron chi connectivity index (χ4n) is 2.10. The van der Waals surface area contributed by atoms with Gasteiger partial charge in [-0.1, -0.05) is 51.1 Å². The zero-order valence-corrected chi connectivity index (χ0v) is 13.1. The lowest BCUT2D eigenvalue weighted by atomic mass is 9.90. The lowest BCUT2D eigenvalue weighted by molar-refractivity contribution is -0.141. The molecule has 1 aromatic rings. The van der Waals surface area contributed by atoms with E-state index in [1.807, 2.05) is 30.3 Å². The molecule has 4 heteroatoms. The van der Waals surface area contributed by atoms with Crippen LogP contribution >= 0.6 is 0 Å². The third-order valence-electron chi connectivity index (χ3n) is 3.25. The Balaban J connectivity index is 2.47. The van der Waals surface area contributed by atoms with Crippen molar-refractivity contribution in [3.63, 3.8) is 0 Å². The van der Waals surface area contributed by atoms with E-state index in [2.05, 4.69) is 26.1 Å². The first kappa shape index (κ1) is 17.2. The van der Waals surface area contributed by atoms with Crippen LogP contribution in [-0.2, 0) is 16.0 Å². The van der Waals surface area contributed by atoms with Gasteiger partial charge >= 0.3 is 5.97 Å². The second-order valence-corrected chi connectivity index (χ2v) is 6.56. The molecule has 2 N–H and O–H groups in total. The summed E-state index contributed by atoms with van der Waals surface area (Å²) in [5.74, 6) is -1.19. The Hall–Kier alpha value is -1.84. The first-order chi connectivity index (χ1) is 9.78. The van der Waals surface area contributed by atoms with E-state index in [1.165, 1.54) is 0 Å². The first-order valence-corrected chi connectivity index (χ1v) is 7.34. The third kappa shape index (κ3) is 7.49. The summed E-state index contributed by atoms with van der Waals surface area (Å²) in [5, 5.41) is 11.8. The molecule has 1 unspecified atom stereocenters. The molecule has 0 radical (unpaired) electrons.